The molecule has 7 nitrogen and oxygen atoms in total. The quantitative estimate of drug-likeness (QED) is 0.108. The van der Waals surface area contributed by atoms with Crippen molar-refractivity contribution in [3.63, 3.8) is 0 Å². The second-order valence-corrected chi connectivity index (χ2v) is 11.3. The van der Waals surface area contributed by atoms with Gasteiger partial charge in [0.2, 0.25) is 0 Å². The number of carbonyl (C=O) groups excluding carboxylic acids is 2. The van der Waals surface area contributed by atoms with Gasteiger partial charge in [-0.3, -0.25) is 9.69 Å². The summed E-state index contributed by atoms with van der Waals surface area (Å²) in [6.07, 6.45) is -1.66. The lowest BCUT2D eigenvalue weighted by Gasteiger charge is -2.23. The maximum atomic E-state index is 13.8. The number of nitrogens with zero attached hydrogens (tertiary/aromatic N) is 1. The van der Waals surface area contributed by atoms with Crippen molar-refractivity contribution in [3.8, 4) is 5.75 Å². The number of hydrogen-bond acceptors (Lipinski definition) is 5. The summed E-state index contributed by atoms with van der Waals surface area (Å²) in [5.41, 5.74) is -1.63. The summed E-state index contributed by atoms with van der Waals surface area (Å²) in [6, 6.07) is 14.9. The molecule has 0 radical (unpaired) electrons. The molecule has 1 N–H and O–H groups in total. The number of amides is 3. The molecule has 1 unspecified atom stereocenters. The number of alkyl halides is 3. The second kappa shape index (κ2) is 12.3. The van der Waals surface area contributed by atoms with Gasteiger partial charge in [0, 0.05) is 23.6 Å². The van der Waals surface area contributed by atoms with Gasteiger partial charge in [-0.15, -0.1) is 0 Å². The van der Waals surface area contributed by atoms with Crippen molar-refractivity contribution in [1.29, 1.82) is 0 Å². The fourth-order valence-corrected chi connectivity index (χ4v) is 5.90. The summed E-state index contributed by atoms with van der Waals surface area (Å²) >= 11 is 0. The van der Waals surface area contributed by atoms with Gasteiger partial charge in [0.1, 0.15) is 16.9 Å². The van der Waals surface area contributed by atoms with Crippen molar-refractivity contribution >= 4 is 33.7 Å². The zero-order valence-corrected chi connectivity index (χ0v) is 25.0. The number of urea groups is 1. The van der Waals surface area contributed by atoms with E-state index in [1.165, 1.54) is 11.0 Å². The molecule has 0 saturated carbocycles. The third-order valence-corrected chi connectivity index (χ3v) is 8.11. The first kappa shape index (κ1) is 31.1. The Labute approximate surface area is 253 Å². The van der Waals surface area contributed by atoms with Gasteiger partial charge in [0.25, 0.3) is 5.91 Å². The van der Waals surface area contributed by atoms with E-state index in [4.69, 9.17) is 9.15 Å². The van der Waals surface area contributed by atoms with Crippen molar-refractivity contribution in [2.24, 2.45) is 0 Å². The van der Waals surface area contributed by atoms with Crippen LogP contribution in [-0.4, -0.2) is 30.0 Å². The van der Waals surface area contributed by atoms with E-state index < -0.39 is 28.9 Å². The lowest BCUT2D eigenvalue weighted by atomic mass is 9.90. The largest absolute Gasteiger partial charge is 0.493 e. The minimum atomic E-state index is -4.72. The van der Waals surface area contributed by atoms with Gasteiger partial charge >= 0.3 is 17.8 Å². The van der Waals surface area contributed by atoms with E-state index in [2.05, 4.69) is 5.32 Å². The molecule has 1 aromatic heterocycles. The molecule has 1 atom stereocenters. The molecule has 4 aromatic rings. The number of nitrogens with one attached hydrogen (secondary N) is 1. The van der Waals surface area contributed by atoms with Crippen LogP contribution in [0.1, 0.15) is 68.7 Å². The molecule has 3 amide bonds. The highest BCUT2D eigenvalue weighted by Gasteiger charge is 2.48. The van der Waals surface area contributed by atoms with E-state index in [1.54, 1.807) is 6.92 Å². The number of benzene rings is 3. The van der Waals surface area contributed by atoms with Crippen LogP contribution in [0.3, 0.4) is 0 Å². The van der Waals surface area contributed by atoms with Crippen LogP contribution >= 0.6 is 0 Å². The monoisotopic (exact) mass is 608 g/mol. The molecule has 10 heteroatoms. The zero-order valence-electron chi connectivity index (χ0n) is 25.0. The molecule has 44 heavy (non-hydrogen) atoms. The van der Waals surface area contributed by atoms with Crippen LogP contribution in [-0.2, 0) is 29.4 Å². The van der Waals surface area contributed by atoms with Gasteiger partial charge in [0.15, 0.2) is 0 Å². The van der Waals surface area contributed by atoms with Crippen LogP contribution in [0.2, 0.25) is 0 Å². The molecule has 1 aliphatic rings. The van der Waals surface area contributed by atoms with Crippen LogP contribution < -0.4 is 15.7 Å². The minimum Gasteiger partial charge on any atom is -0.493 e. The number of carbonyl (C=O) groups is 2. The first-order chi connectivity index (χ1) is 21.0. The van der Waals surface area contributed by atoms with Gasteiger partial charge in [-0.05, 0) is 66.6 Å². The Morgan fingerprint density at radius 2 is 1.66 bits per heavy atom. The number of halogens is 3. The Balaban J connectivity index is 1.31. The normalized spacial score (nSPS) is 17.1. The predicted molar refractivity (Wildman–Crippen MR) is 162 cm³/mol. The van der Waals surface area contributed by atoms with Crippen molar-refractivity contribution < 1.29 is 31.9 Å². The van der Waals surface area contributed by atoms with Crippen molar-refractivity contribution in [1.82, 2.24) is 10.2 Å². The zero-order chi connectivity index (χ0) is 31.6. The summed E-state index contributed by atoms with van der Waals surface area (Å²) in [4.78, 5) is 39.6. The highest BCUT2D eigenvalue weighted by molar-refractivity contribution is 6.07. The van der Waals surface area contributed by atoms with Crippen LogP contribution in [0.25, 0.3) is 21.7 Å². The van der Waals surface area contributed by atoms with Gasteiger partial charge < -0.3 is 14.5 Å². The Morgan fingerprint density at radius 1 is 0.932 bits per heavy atom. The molecule has 3 aromatic carbocycles. The fraction of sp³-hybridized carbons (Fsp3) is 0.382. The Bertz CT molecular complexity index is 1780. The molecular formula is C34H35F3N2O5. The summed E-state index contributed by atoms with van der Waals surface area (Å²) in [6.45, 7) is 5.90. The topological polar surface area (TPSA) is 88.8 Å². The summed E-state index contributed by atoms with van der Waals surface area (Å²) in [5, 5.41) is 4.70. The lowest BCUT2D eigenvalue weighted by Crippen LogP contribution is -2.41. The molecule has 1 aliphatic heterocycles. The van der Waals surface area contributed by atoms with Crippen molar-refractivity contribution in [3.05, 3.63) is 87.3 Å². The number of ether oxygens (including phenoxy) is 1. The first-order valence-corrected chi connectivity index (χ1v) is 14.9. The van der Waals surface area contributed by atoms with Gasteiger partial charge in [-0.2, -0.15) is 13.2 Å². The molecule has 1 saturated heterocycles. The predicted octanol–water partition coefficient (Wildman–Crippen LogP) is 7.50. The maximum Gasteiger partial charge on any atom is 0.417 e. The Kier molecular flexibility index (Phi) is 8.72. The van der Waals surface area contributed by atoms with Crippen LogP contribution in [0, 0.1) is 0 Å². The van der Waals surface area contributed by atoms with Crippen LogP contribution in [0.5, 0.6) is 5.75 Å². The van der Waals surface area contributed by atoms with E-state index in [1.807, 2.05) is 56.3 Å². The Hall–Kier alpha value is -4.34. The molecule has 5 rings (SSSR count). The minimum absolute atomic E-state index is 0.103. The molecule has 1 fully saturated rings. The lowest BCUT2D eigenvalue weighted by molar-refractivity contribution is -0.136. The molecule has 0 bridgehead atoms. The average molecular weight is 609 g/mol. The molecule has 0 aliphatic carbocycles. The number of imide groups is 1. The standard InChI is InChI=1S/C34H35F3N2O5/c1-4-10-23-19-26-27(34(35,36)37)20-28(40)44-30(26)25(11-5-2)29(23)43-17-9-8-16-39-31(41)33(3,38-32(39)42)24-15-14-21-12-6-7-13-22(21)18-24/h6-7,12-15,18-20H,4-5,8-11,16-17H2,1-3H3,(H,38,42). The number of unbranched alkanes of at least 4 members (excludes halogenated alkanes) is 1. The highest BCUT2D eigenvalue weighted by atomic mass is 19.4. The van der Waals surface area contributed by atoms with E-state index >= 15 is 0 Å². The van der Waals surface area contributed by atoms with Crippen molar-refractivity contribution in [2.45, 2.75) is 71.0 Å². The SMILES string of the molecule is CCCc1cc2c(C(F)(F)F)cc(=O)oc2c(CCC)c1OCCCCN1C(=O)NC(C)(c2ccc3ccccc3c2)C1=O. The van der Waals surface area contributed by atoms with E-state index in [-0.39, 0.29) is 30.0 Å². The number of rotatable bonds is 11. The van der Waals surface area contributed by atoms with Gasteiger partial charge in [-0.25, -0.2) is 9.59 Å². The third-order valence-electron chi connectivity index (χ3n) is 8.11. The number of aryl methyl sites for hydroxylation is 2. The summed E-state index contributed by atoms with van der Waals surface area (Å²) in [7, 11) is 0. The summed E-state index contributed by atoms with van der Waals surface area (Å²) < 4.78 is 53.0. The fourth-order valence-electron chi connectivity index (χ4n) is 5.90. The van der Waals surface area contributed by atoms with Crippen LogP contribution in [0.4, 0.5) is 18.0 Å². The molecule has 0 spiro atoms. The highest BCUT2D eigenvalue weighted by Crippen LogP contribution is 2.40. The van der Waals surface area contributed by atoms with Gasteiger partial charge in [-0.1, -0.05) is 63.1 Å². The van der Waals surface area contributed by atoms with E-state index in [0.29, 0.717) is 67.0 Å². The summed E-state index contributed by atoms with van der Waals surface area (Å²) in [5.74, 6) is 0.0988. The van der Waals surface area contributed by atoms with E-state index in [9.17, 15) is 27.6 Å². The van der Waals surface area contributed by atoms with Gasteiger partial charge in [0.05, 0.1) is 12.2 Å². The maximum absolute atomic E-state index is 13.8. The number of fused-ring (bicyclic) bond motifs is 2. The third kappa shape index (κ3) is 5.89. The first-order valence-electron chi connectivity index (χ1n) is 14.9. The average Bonchev–Trinajstić information content (AvgIpc) is 3.21. The second-order valence-electron chi connectivity index (χ2n) is 11.3. The Morgan fingerprint density at radius 3 is 2.36 bits per heavy atom. The molecule has 2 heterocycles. The molecule has 232 valence electrons. The molecular weight excluding hydrogens is 573 g/mol. The van der Waals surface area contributed by atoms with Crippen LogP contribution in [0.15, 0.2) is 63.8 Å². The van der Waals surface area contributed by atoms with Crippen molar-refractivity contribution in [2.75, 3.05) is 13.2 Å². The smallest absolute Gasteiger partial charge is 0.417 e. The van der Waals surface area contributed by atoms with E-state index in [0.717, 1.165) is 10.8 Å². The number of hydrogen-bond donors (Lipinski definition) is 1.